The van der Waals surface area contributed by atoms with Crippen LogP contribution in [0.15, 0.2) is 10.6 Å². The molecule has 1 aliphatic rings. The molecule has 1 atom stereocenters. The molecule has 0 saturated heterocycles. The second-order valence-corrected chi connectivity index (χ2v) is 5.37. The molecule has 6 heteroatoms. The molecule has 1 saturated carbocycles. The third-order valence-electron chi connectivity index (χ3n) is 3.52. The van der Waals surface area contributed by atoms with Crippen LogP contribution in [0, 0.1) is 0 Å². The summed E-state index contributed by atoms with van der Waals surface area (Å²) in [6.07, 6.45) is 2.26. The largest absolute Gasteiger partial charge is 0.383 e. The van der Waals surface area contributed by atoms with E-state index in [0.29, 0.717) is 18.2 Å². The van der Waals surface area contributed by atoms with Gasteiger partial charge in [-0.15, -0.1) is 0 Å². The fraction of sp³-hybridized carbons (Fsp3) is 0.714. The maximum atomic E-state index is 12.1. The highest BCUT2D eigenvalue weighted by molar-refractivity contribution is 5.92. The van der Waals surface area contributed by atoms with E-state index in [-0.39, 0.29) is 11.9 Å². The molecule has 0 bridgehead atoms. The third kappa shape index (κ3) is 4.05. The van der Waals surface area contributed by atoms with Crippen molar-refractivity contribution in [3.63, 3.8) is 0 Å². The molecule has 1 fully saturated rings. The molecule has 20 heavy (non-hydrogen) atoms. The summed E-state index contributed by atoms with van der Waals surface area (Å²) in [5, 5.41) is 6.79. The van der Waals surface area contributed by atoms with E-state index in [2.05, 4.69) is 22.3 Å². The van der Waals surface area contributed by atoms with Crippen LogP contribution in [0.4, 0.5) is 0 Å². The lowest BCUT2D eigenvalue weighted by Gasteiger charge is -2.23. The summed E-state index contributed by atoms with van der Waals surface area (Å²) in [4.78, 5) is 14.3. The van der Waals surface area contributed by atoms with Gasteiger partial charge in [-0.25, -0.2) is 0 Å². The Labute approximate surface area is 119 Å². The van der Waals surface area contributed by atoms with E-state index < -0.39 is 0 Å². The summed E-state index contributed by atoms with van der Waals surface area (Å²) in [5.41, 5.74) is 0.354. The monoisotopic (exact) mass is 281 g/mol. The minimum Gasteiger partial charge on any atom is -0.383 e. The van der Waals surface area contributed by atoms with Crippen molar-refractivity contribution in [1.29, 1.82) is 0 Å². The van der Waals surface area contributed by atoms with Gasteiger partial charge in [0, 0.05) is 25.6 Å². The highest BCUT2D eigenvalue weighted by Crippen LogP contribution is 2.40. The Bertz CT molecular complexity index is 443. The summed E-state index contributed by atoms with van der Waals surface area (Å²) >= 11 is 0. The smallest absolute Gasteiger partial charge is 0.273 e. The first-order valence-electron chi connectivity index (χ1n) is 7.09. The van der Waals surface area contributed by atoms with Crippen LogP contribution in [-0.2, 0) is 4.74 Å². The van der Waals surface area contributed by atoms with E-state index >= 15 is 0 Å². The lowest BCUT2D eigenvalue weighted by Crippen LogP contribution is -2.45. The molecular formula is C14H23N3O3. The first kappa shape index (κ1) is 15.0. The Morgan fingerprint density at radius 2 is 2.40 bits per heavy atom. The number of carbonyl (C=O) groups is 1. The molecule has 1 heterocycles. The molecule has 0 aliphatic heterocycles. The fourth-order valence-corrected chi connectivity index (χ4v) is 2.06. The number of hydrogen-bond donors (Lipinski definition) is 1. The van der Waals surface area contributed by atoms with Gasteiger partial charge >= 0.3 is 0 Å². The van der Waals surface area contributed by atoms with Crippen LogP contribution < -0.4 is 5.32 Å². The Morgan fingerprint density at radius 3 is 3.00 bits per heavy atom. The van der Waals surface area contributed by atoms with E-state index in [9.17, 15) is 4.79 Å². The lowest BCUT2D eigenvalue weighted by molar-refractivity contribution is 0.0865. The summed E-state index contributed by atoms with van der Waals surface area (Å²) in [6, 6.07) is 1.69. The quantitative estimate of drug-likeness (QED) is 0.776. The zero-order valence-corrected chi connectivity index (χ0v) is 12.4. The molecule has 1 amide bonds. The van der Waals surface area contributed by atoms with Gasteiger partial charge in [0.05, 0.1) is 12.6 Å². The zero-order chi connectivity index (χ0) is 14.5. The number of carbonyl (C=O) groups excluding carboxylic acids is 1. The molecule has 0 aromatic carbocycles. The molecular weight excluding hydrogens is 258 g/mol. The minimum absolute atomic E-state index is 0.0569. The lowest BCUT2D eigenvalue weighted by atomic mass is 10.2. The second kappa shape index (κ2) is 6.85. The summed E-state index contributed by atoms with van der Waals surface area (Å²) in [6.45, 7) is 4.21. The van der Waals surface area contributed by atoms with Crippen LogP contribution in [0.5, 0.6) is 0 Å². The number of methoxy groups -OCH3 is 1. The van der Waals surface area contributed by atoms with Crippen LogP contribution in [0.3, 0.4) is 0 Å². The van der Waals surface area contributed by atoms with Gasteiger partial charge in [-0.1, -0.05) is 12.1 Å². The Hall–Kier alpha value is -1.40. The highest BCUT2D eigenvalue weighted by Gasteiger charge is 2.29. The van der Waals surface area contributed by atoms with Gasteiger partial charge in [-0.2, -0.15) is 0 Å². The molecule has 1 N–H and O–H groups in total. The summed E-state index contributed by atoms with van der Waals surface area (Å²) < 4.78 is 10.4. The second-order valence-electron chi connectivity index (χ2n) is 5.37. The molecule has 1 aromatic rings. The van der Waals surface area contributed by atoms with Crippen molar-refractivity contribution in [2.75, 3.05) is 33.9 Å². The summed E-state index contributed by atoms with van der Waals surface area (Å²) in [5.74, 6) is 1.08. The van der Waals surface area contributed by atoms with Gasteiger partial charge in [-0.05, 0) is 26.4 Å². The number of ether oxygens (including phenoxy) is 1. The van der Waals surface area contributed by atoms with Crippen molar-refractivity contribution < 1.29 is 14.1 Å². The molecule has 1 aliphatic carbocycles. The van der Waals surface area contributed by atoms with Crippen LogP contribution in [0.25, 0.3) is 0 Å². The molecule has 0 radical (unpaired) electrons. The fourth-order valence-electron chi connectivity index (χ4n) is 2.06. The van der Waals surface area contributed by atoms with Crippen molar-refractivity contribution in [1.82, 2.24) is 15.4 Å². The van der Waals surface area contributed by atoms with Crippen LogP contribution in [0.2, 0.25) is 0 Å². The van der Waals surface area contributed by atoms with Crippen molar-refractivity contribution in [2.24, 2.45) is 0 Å². The Balaban J connectivity index is 1.91. The number of rotatable bonds is 8. The van der Waals surface area contributed by atoms with Crippen LogP contribution >= 0.6 is 0 Å². The Kier molecular flexibility index (Phi) is 5.14. The standard InChI is InChI=1S/C14H23N3O3/c1-4-17(2)8-11(9-19-3)15-14(18)12-7-13(20-16-12)10-5-6-10/h7,10-11H,4-6,8-9H2,1-3H3,(H,15,18)/t11-/m1/s1. The van der Waals surface area contributed by atoms with E-state index in [1.807, 2.05) is 7.05 Å². The molecule has 0 spiro atoms. The molecule has 112 valence electrons. The summed E-state index contributed by atoms with van der Waals surface area (Å²) in [7, 11) is 3.64. The predicted molar refractivity (Wildman–Crippen MR) is 74.8 cm³/mol. The molecule has 1 aromatic heterocycles. The molecule has 2 rings (SSSR count). The van der Waals surface area contributed by atoms with Gasteiger partial charge < -0.3 is 19.5 Å². The maximum Gasteiger partial charge on any atom is 0.273 e. The maximum absolute atomic E-state index is 12.1. The van der Waals surface area contributed by atoms with E-state index in [0.717, 1.165) is 31.7 Å². The Morgan fingerprint density at radius 1 is 1.65 bits per heavy atom. The highest BCUT2D eigenvalue weighted by atomic mass is 16.5. The number of amides is 1. The number of likely N-dealkylation sites (N-methyl/N-ethyl adjacent to an activating group) is 1. The number of nitrogens with zero attached hydrogens (tertiary/aromatic N) is 2. The first-order chi connectivity index (χ1) is 9.63. The predicted octanol–water partition coefficient (Wildman–Crippen LogP) is 1.25. The van der Waals surface area contributed by atoms with Gasteiger partial charge in [-0.3, -0.25) is 4.79 Å². The van der Waals surface area contributed by atoms with Crippen molar-refractivity contribution in [3.8, 4) is 0 Å². The molecule has 6 nitrogen and oxygen atoms in total. The van der Waals surface area contributed by atoms with Gasteiger partial charge in [0.2, 0.25) is 0 Å². The zero-order valence-electron chi connectivity index (χ0n) is 12.4. The van der Waals surface area contributed by atoms with Gasteiger partial charge in [0.15, 0.2) is 5.69 Å². The number of nitrogens with one attached hydrogen (secondary N) is 1. The third-order valence-corrected chi connectivity index (χ3v) is 3.52. The van der Waals surface area contributed by atoms with Gasteiger partial charge in [0.1, 0.15) is 5.76 Å². The SMILES string of the molecule is CCN(C)C[C@H](COC)NC(=O)c1cc(C2CC2)on1. The number of hydrogen-bond acceptors (Lipinski definition) is 5. The van der Waals surface area contributed by atoms with E-state index in [1.54, 1.807) is 13.2 Å². The first-order valence-corrected chi connectivity index (χ1v) is 7.09. The average molecular weight is 281 g/mol. The van der Waals surface area contributed by atoms with Crippen LogP contribution in [-0.4, -0.2) is 55.9 Å². The average Bonchev–Trinajstić information content (AvgIpc) is 3.16. The van der Waals surface area contributed by atoms with Crippen molar-refractivity contribution >= 4 is 5.91 Å². The topological polar surface area (TPSA) is 67.6 Å². The normalized spacial score (nSPS) is 16.4. The van der Waals surface area contributed by atoms with Crippen LogP contribution in [0.1, 0.15) is 41.9 Å². The van der Waals surface area contributed by atoms with Crippen molar-refractivity contribution in [3.05, 3.63) is 17.5 Å². The van der Waals surface area contributed by atoms with Gasteiger partial charge in [0.25, 0.3) is 5.91 Å². The number of aromatic nitrogens is 1. The van der Waals surface area contributed by atoms with E-state index in [4.69, 9.17) is 9.26 Å². The molecule has 0 unspecified atom stereocenters. The van der Waals surface area contributed by atoms with Crippen molar-refractivity contribution in [2.45, 2.75) is 31.7 Å². The minimum atomic E-state index is -0.202. The van der Waals surface area contributed by atoms with E-state index in [1.165, 1.54) is 0 Å².